The first-order chi connectivity index (χ1) is 19.1. The van der Waals surface area contributed by atoms with Gasteiger partial charge < -0.3 is 35.3 Å². The summed E-state index contributed by atoms with van der Waals surface area (Å²) in [5.41, 5.74) is 5.85. The predicted molar refractivity (Wildman–Crippen MR) is 155 cm³/mol. The van der Waals surface area contributed by atoms with Crippen molar-refractivity contribution >= 4 is 29.6 Å². The zero-order valence-corrected chi connectivity index (χ0v) is 24.7. The van der Waals surface area contributed by atoms with Crippen LogP contribution < -0.4 is 27.0 Å². The summed E-state index contributed by atoms with van der Waals surface area (Å²) in [5.74, 6) is 4.92. The molecule has 1 atom stereocenters. The molecule has 1 aromatic rings. The summed E-state index contributed by atoms with van der Waals surface area (Å²) < 4.78 is 21.0. The van der Waals surface area contributed by atoms with E-state index >= 15 is 0 Å². The second-order valence-electron chi connectivity index (χ2n) is 10.7. The standard InChI is InChI=1S/C28H43N5O8/c1-8-16-37-26(36)33-23(29)21(17-31-14-9-15-32-25(35)40-28(5,6)7)19-10-12-20(13-11-19)38-18-22(41-30)24(34)39-27(2,3)4/h8,10-13,17,22,31H,1,9,14-16,18,30H2,2-7H3,(H,32,35)(H2,29,33,36)/b21-17-. The van der Waals surface area contributed by atoms with Crippen molar-refractivity contribution in [2.24, 2.45) is 16.6 Å². The number of ether oxygens (including phenoxy) is 4. The Kier molecular flexibility index (Phi) is 14.4. The average molecular weight is 578 g/mol. The Morgan fingerprint density at radius 2 is 1.66 bits per heavy atom. The van der Waals surface area contributed by atoms with E-state index in [4.69, 9.17) is 35.4 Å². The zero-order valence-electron chi connectivity index (χ0n) is 24.7. The van der Waals surface area contributed by atoms with Crippen LogP contribution in [0.15, 0.2) is 48.1 Å². The van der Waals surface area contributed by atoms with E-state index in [1.54, 1.807) is 72.0 Å². The second-order valence-corrected chi connectivity index (χ2v) is 10.7. The number of nitrogens with two attached hydrogens (primary N) is 2. The number of alkyl carbamates (subject to hydrolysis) is 1. The fourth-order valence-electron chi connectivity index (χ4n) is 2.93. The molecule has 0 saturated carbocycles. The Hall–Kier alpha value is -4.10. The van der Waals surface area contributed by atoms with Crippen molar-refractivity contribution in [2.75, 3.05) is 26.3 Å². The lowest BCUT2D eigenvalue weighted by molar-refractivity contribution is -0.170. The molecule has 6 N–H and O–H groups in total. The molecule has 0 aromatic heterocycles. The maximum absolute atomic E-state index is 12.2. The molecule has 0 aliphatic carbocycles. The van der Waals surface area contributed by atoms with Crippen molar-refractivity contribution in [3.05, 3.63) is 48.7 Å². The van der Waals surface area contributed by atoms with Crippen LogP contribution in [0.3, 0.4) is 0 Å². The quantitative estimate of drug-likeness (QED) is 0.0484. The summed E-state index contributed by atoms with van der Waals surface area (Å²) in [6.45, 7) is 14.7. The highest BCUT2D eigenvalue weighted by atomic mass is 16.7. The Bertz CT molecular complexity index is 1070. The highest BCUT2D eigenvalue weighted by Crippen LogP contribution is 2.20. The highest BCUT2D eigenvalue weighted by Gasteiger charge is 2.26. The molecule has 41 heavy (non-hydrogen) atoms. The summed E-state index contributed by atoms with van der Waals surface area (Å²) >= 11 is 0. The summed E-state index contributed by atoms with van der Waals surface area (Å²) in [4.78, 5) is 44.5. The number of carbonyl (C=O) groups excluding carboxylic acids is 3. The average Bonchev–Trinajstić information content (AvgIpc) is 2.85. The minimum Gasteiger partial charge on any atom is -0.490 e. The molecule has 228 valence electrons. The van der Waals surface area contributed by atoms with Crippen LogP contribution >= 0.6 is 0 Å². The number of rotatable bonds is 14. The summed E-state index contributed by atoms with van der Waals surface area (Å²) in [5, 5.41) is 5.78. The predicted octanol–water partition coefficient (Wildman–Crippen LogP) is 3.19. The number of hydrogen-bond acceptors (Lipinski definition) is 10. The number of amidine groups is 1. The number of amides is 2. The van der Waals surface area contributed by atoms with Crippen LogP contribution in [0.5, 0.6) is 5.75 Å². The number of nitrogens with one attached hydrogen (secondary N) is 2. The molecular weight excluding hydrogens is 534 g/mol. The first kappa shape index (κ1) is 34.9. The molecule has 0 spiro atoms. The molecule has 1 unspecified atom stereocenters. The van der Waals surface area contributed by atoms with Gasteiger partial charge in [-0.2, -0.15) is 4.99 Å². The van der Waals surface area contributed by atoms with E-state index in [0.29, 0.717) is 36.4 Å². The molecule has 0 saturated heterocycles. The van der Waals surface area contributed by atoms with Crippen molar-refractivity contribution in [2.45, 2.75) is 65.3 Å². The van der Waals surface area contributed by atoms with Gasteiger partial charge in [0, 0.05) is 24.9 Å². The largest absolute Gasteiger partial charge is 0.490 e. The van der Waals surface area contributed by atoms with Gasteiger partial charge >= 0.3 is 18.2 Å². The molecule has 13 nitrogen and oxygen atoms in total. The molecule has 1 aromatic carbocycles. The molecule has 1 rings (SSSR count). The summed E-state index contributed by atoms with van der Waals surface area (Å²) in [6.07, 6.45) is 1.10. The van der Waals surface area contributed by atoms with Crippen molar-refractivity contribution in [1.29, 1.82) is 0 Å². The Labute approximate surface area is 241 Å². The third-order valence-electron chi connectivity index (χ3n) is 4.63. The maximum Gasteiger partial charge on any atom is 0.435 e. The smallest absolute Gasteiger partial charge is 0.435 e. The Balaban J connectivity index is 2.91. The number of aliphatic imine (C=N–C) groups is 1. The van der Waals surface area contributed by atoms with Crippen molar-refractivity contribution < 1.29 is 38.2 Å². The van der Waals surface area contributed by atoms with Gasteiger partial charge in [0.15, 0.2) is 0 Å². The molecule has 0 bridgehead atoms. The van der Waals surface area contributed by atoms with Crippen LogP contribution in [0.25, 0.3) is 5.57 Å². The van der Waals surface area contributed by atoms with Crippen molar-refractivity contribution in [3.63, 3.8) is 0 Å². The third kappa shape index (κ3) is 15.3. The van der Waals surface area contributed by atoms with E-state index in [9.17, 15) is 14.4 Å². The highest BCUT2D eigenvalue weighted by molar-refractivity contribution is 6.23. The second kappa shape index (κ2) is 16.9. The number of hydrogen-bond donors (Lipinski definition) is 4. The molecule has 0 aliphatic heterocycles. The lowest BCUT2D eigenvalue weighted by Crippen LogP contribution is -2.38. The molecule has 0 radical (unpaired) electrons. The van der Waals surface area contributed by atoms with E-state index in [1.807, 2.05) is 0 Å². The maximum atomic E-state index is 12.2. The summed E-state index contributed by atoms with van der Waals surface area (Å²) in [7, 11) is 0. The molecule has 0 heterocycles. The zero-order chi connectivity index (χ0) is 31.1. The number of carbonyl (C=O) groups is 3. The van der Waals surface area contributed by atoms with Gasteiger partial charge in [-0.25, -0.2) is 20.3 Å². The lowest BCUT2D eigenvalue weighted by atomic mass is 10.1. The van der Waals surface area contributed by atoms with Gasteiger partial charge in [-0.15, -0.1) is 0 Å². The SMILES string of the molecule is C=CCOC(=O)/N=C(N)\C(=C/NCCCNC(=O)OC(C)(C)C)c1ccc(OCC(ON)C(=O)OC(C)(C)C)cc1. The number of esters is 1. The first-order valence-corrected chi connectivity index (χ1v) is 13.0. The van der Waals surface area contributed by atoms with E-state index in [0.717, 1.165) is 0 Å². The van der Waals surface area contributed by atoms with Gasteiger partial charge in [0.05, 0.1) is 0 Å². The van der Waals surface area contributed by atoms with Crippen LogP contribution in [-0.2, 0) is 23.8 Å². The minimum atomic E-state index is -1.12. The van der Waals surface area contributed by atoms with E-state index < -0.39 is 35.5 Å². The molecular formula is C28H43N5O8. The van der Waals surface area contributed by atoms with Gasteiger partial charge in [-0.05, 0) is 65.7 Å². The Morgan fingerprint density at radius 3 is 2.22 bits per heavy atom. The molecule has 13 heteroatoms. The minimum absolute atomic E-state index is 0.0135. The molecule has 2 amide bonds. The van der Waals surface area contributed by atoms with Gasteiger partial charge in [0.1, 0.15) is 36.0 Å². The van der Waals surface area contributed by atoms with E-state index in [2.05, 4.69) is 22.2 Å². The number of benzene rings is 1. The van der Waals surface area contributed by atoms with Gasteiger partial charge in [0.2, 0.25) is 6.10 Å². The van der Waals surface area contributed by atoms with E-state index in [1.165, 1.54) is 6.08 Å². The van der Waals surface area contributed by atoms with Crippen molar-refractivity contribution in [1.82, 2.24) is 10.6 Å². The van der Waals surface area contributed by atoms with E-state index in [-0.39, 0.29) is 19.0 Å². The topological polar surface area (TPSA) is 186 Å². The summed E-state index contributed by atoms with van der Waals surface area (Å²) in [6, 6.07) is 6.66. The van der Waals surface area contributed by atoms with Crippen LogP contribution in [0.4, 0.5) is 9.59 Å². The van der Waals surface area contributed by atoms with Crippen molar-refractivity contribution in [3.8, 4) is 5.75 Å². The van der Waals surface area contributed by atoms with Gasteiger partial charge in [-0.1, -0.05) is 24.8 Å². The molecule has 0 aliphatic rings. The number of nitrogens with zero attached hydrogens (tertiary/aromatic N) is 1. The fourth-order valence-corrected chi connectivity index (χ4v) is 2.93. The normalized spacial score (nSPS) is 13.0. The monoisotopic (exact) mass is 577 g/mol. The van der Waals surface area contributed by atoms with Gasteiger partial charge in [-0.3, -0.25) is 4.84 Å². The van der Waals surface area contributed by atoms with Crippen LogP contribution in [0.2, 0.25) is 0 Å². The van der Waals surface area contributed by atoms with Crippen LogP contribution in [0, 0.1) is 0 Å². The third-order valence-corrected chi connectivity index (χ3v) is 4.63. The van der Waals surface area contributed by atoms with Crippen LogP contribution in [-0.4, -0.2) is 67.6 Å². The lowest BCUT2D eigenvalue weighted by Gasteiger charge is -2.23. The van der Waals surface area contributed by atoms with Gasteiger partial charge in [0.25, 0.3) is 0 Å². The first-order valence-electron chi connectivity index (χ1n) is 13.0. The van der Waals surface area contributed by atoms with Crippen LogP contribution in [0.1, 0.15) is 53.5 Å². The molecule has 0 fully saturated rings. The Morgan fingerprint density at radius 1 is 1.02 bits per heavy atom. The fraction of sp³-hybridized carbons (Fsp3) is 0.500.